The van der Waals surface area contributed by atoms with Crippen LogP contribution in [0.2, 0.25) is 0 Å². The molecule has 3 aromatic rings. The van der Waals surface area contributed by atoms with Gasteiger partial charge < -0.3 is 10.2 Å². The zero-order valence-corrected chi connectivity index (χ0v) is 15.8. The minimum absolute atomic E-state index is 0.147. The summed E-state index contributed by atoms with van der Waals surface area (Å²) in [4.78, 5) is 28.1. The minimum Gasteiger partial charge on any atom is -0.352 e. The van der Waals surface area contributed by atoms with Gasteiger partial charge in [0.15, 0.2) is 0 Å². The highest BCUT2D eigenvalue weighted by atomic mass is 19.1. The van der Waals surface area contributed by atoms with Gasteiger partial charge in [-0.1, -0.05) is 72.8 Å². The number of benzene rings is 3. The first-order chi connectivity index (χ1) is 14.1. The van der Waals surface area contributed by atoms with E-state index in [9.17, 15) is 14.0 Å². The first kappa shape index (κ1) is 18.9. The van der Waals surface area contributed by atoms with Crippen molar-refractivity contribution in [2.24, 2.45) is 0 Å². The van der Waals surface area contributed by atoms with Crippen molar-refractivity contribution in [3.05, 3.63) is 107 Å². The summed E-state index contributed by atoms with van der Waals surface area (Å²) in [6.07, 6.45) is 0. The summed E-state index contributed by atoms with van der Waals surface area (Å²) in [5.41, 5.74) is 2.33. The molecule has 1 atom stereocenters. The van der Waals surface area contributed by atoms with Crippen LogP contribution in [-0.2, 0) is 9.59 Å². The monoisotopic (exact) mass is 388 g/mol. The fraction of sp³-hybridized carbons (Fsp3) is 0.167. The molecule has 0 saturated carbocycles. The van der Waals surface area contributed by atoms with Gasteiger partial charge in [0.05, 0.1) is 5.92 Å². The summed E-state index contributed by atoms with van der Waals surface area (Å²) in [5.74, 6) is -1.30. The quantitative estimate of drug-likeness (QED) is 0.742. The molecule has 1 N–H and O–H groups in total. The largest absolute Gasteiger partial charge is 0.352 e. The Balaban J connectivity index is 1.75. The van der Waals surface area contributed by atoms with Gasteiger partial charge in [0.2, 0.25) is 11.8 Å². The molecule has 1 saturated heterocycles. The molecule has 3 aromatic carbocycles. The first-order valence-corrected chi connectivity index (χ1v) is 9.58. The highest BCUT2D eigenvalue weighted by molar-refractivity contribution is 5.94. The average molecular weight is 388 g/mol. The molecule has 1 unspecified atom stereocenters. The van der Waals surface area contributed by atoms with E-state index >= 15 is 0 Å². The van der Waals surface area contributed by atoms with Gasteiger partial charge in [-0.3, -0.25) is 9.59 Å². The van der Waals surface area contributed by atoms with E-state index in [2.05, 4.69) is 5.32 Å². The number of piperazine rings is 1. The standard InChI is InChI=1S/C24H21FN2O2/c25-20-13-11-19(12-14-20)22-23(28)26-15-16-27(22)24(29)21(17-7-3-1-4-8-17)18-9-5-2-6-10-18/h1-14,21-22H,15-16H2,(H,26,28). The summed E-state index contributed by atoms with van der Waals surface area (Å²) in [6, 6.07) is 24.1. The van der Waals surface area contributed by atoms with Gasteiger partial charge >= 0.3 is 0 Å². The molecule has 29 heavy (non-hydrogen) atoms. The van der Waals surface area contributed by atoms with Crippen LogP contribution in [0.3, 0.4) is 0 Å². The van der Waals surface area contributed by atoms with E-state index in [0.717, 1.165) is 11.1 Å². The predicted molar refractivity (Wildman–Crippen MR) is 109 cm³/mol. The number of carbonyl (C=O) groups excluding carboxylic acids is 2. The summed E-state index contributed by atoms with van der Waals surface area (Å²) >= 11 is 0. The second-order valence-corrected chi connectivity index (χ2v) is 7.03. The number of nitrogens with one attached hydrogen (secondary N) is 1. The van der Waals surface area contributed by atoms with E-state index in [-0.39, 0.29) is 17.6 Å². The van der Waals surface area contributed by atoms with Crippen molar-refractivity contribution in [1.82, 2.24) is 10.2 Å². The Kier molecular flexibility index (Phi) is 5.38. The van der Waals surface area contributed by atoms with E-state index in [1.165, 1.54) is 12.1 Å². The van der Waals surface area contributed by atoms with Gasteiger partial charge in [0.25, 0.3) is 0 Å². The Morgan fingerprint density at radius 3 is 2.00 bits per heavy atom. The molecule has 5 heteroatoms. The van der Waals surface area contributed by atoms with Crippen LogP contribution in [0.5, 0.6) is 0 Å². The number of rotatable bonds is 4. The molecule has 1 aliphatic heterocycles. The first-order valence-electron chi connectivity index (χ1n) is 9.58. The number of hydrogen-bond donors (Lipinski definition) is 1. The van der Waals surface area contributed by atoms with E-state index in [4.69, 9.17) is 0 Å². The fourth-order valence-corrected chi connectivity index (χ4v) is 3.82. The fourth-order valence-electron chi connectivity index (χ4n) is 3.82. The third kappa shape index (κ3) is 3.90. The molecule has 0 spiro atoms. The molecular weight excluding hydrogens is 367 g/mol. The van der Waals surface area contributed by atoms with Gasteiger partial charge in [-0.25, -0.2) is 4.39 Å². The summed E-state index contributed by atoms with van der Waals surface area (Å²) in [6.45, 7) is 0.779. The maximum atomic E-state index is 13.8. The van der Waals surface area contributed by atoms with Crippen LogP contribution in [0.4, 0.5) is 4.39 Å². The van der Waals surface area contributed by atoms with Crippen LogP contribution >= 0.6 is 0 Å². The average Bonchev–Trinajstić information content (AvgIpc) is 2.76. The maximum Gasteiger partial charge on any atom is 0.247 e. The smallest absolute Gasteiger partial charge is 0.247 e. The number of hydrogen-bond acceptors (Lipinski definition) is 2. The molecule has 0 aliphatic carbocycles. The van der Waals surface area contributed by atoms with E-state index in [0.29, 0.717) is 18.7 Å². The Labute approximate surface area is 169 Å². The molecule has 146 valence electrons. The summed E-state index contributed by atoms with van der Waals surface area (Å²) in [5, 5.41) is 2.82. The highest BCUT2D eigenvalue weighted by Gasteiger charge is 2.38. The predicted octanol–water partition coefficient (Wildman–Crippen LogP) is 3.66. The number of carbonyl (C=O) groups is 2. The second-order valence-electron chi connectivity index (χ2n) is 7.03. The third-order valence-electron chi connectivity index (χ3n) is 5.19. The lowest BCUT2D eigenvalue weighted by molar-refractivity contribution is -0.144. The molecule has 2 amide bonds. The van der Waals surface area contributed by atoms with Crippen LogP contribution in [0, 0.1) is 5.82 Å². The molecule has 1 aliphatic rings. The molecule has 0 radical (unpaired) electrons. The van der Waals surface area contributed by atoms with Crippen molar-refractivity contribution in [3.63, 3.8) is 0 Å². The maximum absolute atomic E-state index is 13.8. The zero-order valence-electron chi connectivity index (χ0n) is 15.8. The molecule has 4 rings (SSSR count). The van der Waals surface area contributed by atoms with Gasteiger partial charge in [0, 0.05) is 13.1 Å². The lowest BCUT2D eigenvalue weighted by Gasteiger charge is -2.37. The van der Waals surface area contributed by atoms with Crippen molar-refractivity contribution in [2.75, 3.05) is 13.1 Å². The minimum atomic E-state index is -0.785. The Hall–Kier alpha value is -3.47. The lowest BCUT2D eigenvalue weighted by Crippen LogP contribution is -2.53. The van der Waals surface area contributed by atoms with Gasteiger partial charge in [-0.05, 0) is 28.8 Å². The van der Waals surface area contributed by atoms with E-state index in [1.54, 1.807) is 17.0 Å². The normalized spacial score (nSPS) is 16.6. The molecule has 1 fully saturated rings. The van der Waals surface area contributed by atoms with E-state index in [1.807, 2.05) is 60.7 Å². The van der Waals surface area contributed by atoms with Crippen molar-refractivity contribution >= 4 is 11.8 Å². The van der Waals surface area contributed by atoms with Crippen molar-refractivity contribution in [1.29, 1.82) is 0 Å². The van der Waals surface area contributed by atoms with Crippen LogP contribution in [-0.4, -0.2) is 29.8 Å². The molecule has 0 aromatic heterocycles. The van der Waals surface area contributed by atoms with Crippen molar-refractivity contribution in [3.8, 4) is 0 Å². The Morgan fingerprint density at radius 1 is 0.897 bits per heavy atom. The van der Waals surface area contributed by atoms with Crippen molar-refractivity contribution in [2.45, 2.75) is 12.0 Å². The van der Waals surface area contributed by atoms with Gasteiger partial charge in [0.1, 0.15) is 11.9 Å². The van der Waals surface area contributed by atoms with Gasteiger partial charge in [-0.15, -0.1) is 0 Å². The summed E-state index contributed by atoms with van der Waals surface area (Å²) < 4.78 is 13.4. The third-order valence-corrected chi connectivity index (χ3v) is 5.19. The Morgan fingerprint density at radius 2 is 1.45 bits per heavy atom. The topological polar surface area (TPSA) is 49.4 Å². The molecule has 4 nitrogen and oxygen atoms in total. The van der Waals surface area contributed by atoms with Crippen LogP contribution < -0.4 is 5.32 Å². The Bertz CT molecular complexity index is 951. The second kappa shape index (κ2) is 8.27. The lowest BCUT2D eigenvalue weighted by atomic mass is 9.88. The highest BCUT2D eigenvalue weighted by Crippen LogP contribution is 2.32. The molecule has 0 bridgehead atoms. The zero-order chi connectivity index (χ0) is 20.2. The van der Waals surface area contributed by atoms with Crippen LogP contribution in [0.15, 0.2) is 84.9 Å². The van der Waals surface area contributed by atoms with Gasteiger partial charge in [-0.2, -0.15) is 0 Å². The van der Waals surface area contributed by atoms with Crippen molar-refractivity contribution < 1.29 is 14.0 Å². The number of amides is 2. The van der Waals surface area contributed by atoms with E-state index < -0.39 is 12.0 Å². The molecular formula is C24H21FN2O2. The van der Waals surface area contributed by atoms with Crippen LogP contribution in [0.1, 0.15) is 28.7 Å². The molecule has 1 heterocycles. The number of nitrogens with zero attached hydrogens (tertiary/aromatic N) is 1. The SMILES string of the molecule is O=C1NCCN(C(=O)C(c2ccccc2)c2ccccc2)C1c1ccc(F)cc1. The van der Waals surface area contributed by atoms with Crippen LogP contribution in [0.25, 0.3) is 0 Å². The summed E-state index contributed by atoms with van der Waals surface area (Å²) in [7, 11) is 0. The number of halogens is 1.